The monoisotopic (exact) mass is 250 g/mol. The molecule has 18 heavy (non-hydrogen) atoms. The molecule has 0 radical (unpaired) electrons. The molecular formula is C14H22N2O2. The second kappa shape index (κ2) is 6.05. The molecule has 4 heteroatoms. The van der Waals surface area contributed by atoms with E-state index in [2.05, 4.69) is 12.2 Å². The van der Waals surface area contributed by atoms with Gasteiger partial charge in [-0.05, 0) is 37.8 Å². The number of carbonyl (C=O) groups excluding carboxylic acids is 1. The molecule has 1 fully saturated rings. The van der Waals surface area contributed by atoms with Crippen molar-refractivity contribution < 1.29 is 9.21 Å². The summed E-state index contributed by atoms with van der Waals surface area (Å²) in [6.07, 6.45) is 6.32. The number of nitrogens with one attached hydrogen (secondary N) is 1. The summed E-state index contributed by atoms with van der Waals surface area (Å²) in [5.41, 5.74) is 5.46. The molecule has 0 saturated heterocycles. The highest BCUT2D eigenvalue weighted by atomic mass is 16.4. The first-order valence-electron chi connectivity index (χ1n) is 6.80. The van der Waals surface area contributed by atoms with E-state index in [0.717, 1.165) is 0 Å². The first-order chi connectivity index (χ1) is 8.70. The average Bonchev–Trinajstić information content (AvgIpc) is 2.88. The second-order valence-corrected chi connectivity index (χ2v) is 5.13. The quantitative estimate of drug-likeness (QED) is 0.862. The molecule has 0 aromatic carbocycles. The maximum absolute atomic E-state index is 12.0. The van der Waals surface area contributed by atoms with Crippen molar-refractivity contribution >= 4 is 5.91 Å². The molecule has 0 spiro atoms. The van der Waals surface area contributed by atoms with E-state index in [1.165, 1.54) is 32.1 Å². The maximum atomic E-state index is 12.0. The van der Waals surface area contributed by atoms with Gasteiger partial charge in [0.05, 0.1) is 6.54 Å². The normalized spacial score (nSPS) is 18.6. The van der Waals surface area contributed by atoms with Crippen LogP contribution in [-0.2, 0) is 6.54 Å². The summed E-state index contributed by atoms with van der Waals surface area (Å²) in [5.74, 6) is 1.47. The van der Waals surface area contributed by atoms with Crippen LogP contribution in [0.3, 0.4) is 0 Å². The first-order valence-corrected chi connectivity index (χ1v) is 6.80. The van der Waals surface area contributed by atoms with E-state index in [9.17, 15) is 4.79 Å². The molecule has 1 amide bonds. The maximum Gasteiger partial charge on any atom is 0.287 e. The van der Waals surface area contributed by atoms with Gasteiger partial charge >= 0.3 is 0 Å². The SMILES string of the molecule is C[C@H](NC(=O)c1ccc(CN)o1)C1CCCCC1. The Morgan fingerprint density at radius 3 is 2.78 bits per heavy atom. The van der Waals surface area contributed by atoms with E-state index in [1.54, 1.807) is 12.1 Å². The standard InChI is InChI=1S/C14H22N2O2/c1-10(11-5-3-2-4-6-11)16-14(17)13-8-7-12(9-15)18-13/h7-8,10-11H,2-6,9,15H2,1H3,(H,16,17)/t10-/m0/s1. The van der Waals surface area contributed by atoms with E-state index >= 15 is 0 Å². The molecular weight excluding hydrogens is 228 g/mol. The summed E-state index contributed by atoms with van der Waals surface area (Å²) in [5, 5.41) is 3.03. The van der Waals surface area contributed by atoms with Crippen LogP contribution in [0.4, 0.5) is 0 Å². The Balaban J connectivity index is 1.89. The smallest absolute Gasteiger partial charge is 0.287 e. The Morgan fingerprint density at radius 1 is 1.44 bits per heavy atom. The predicted molar refractivity (Wildman–Crippen MR) is 70.1 cm³/mol. The fraction of sp³-hybridized carbons (Fsp3) is 0.643. The van der Waals surface area contributed by atoms with Gasteiger partial charge in [0.1, 0.15) is 5.76 Å². The highest BCUT2D eigenvalue weighted by molar-refractivity contribution is 5.91. The van der Waals surface area contributed by atoms with Crippen molar-refractivity contribution in [3.8, 4) is 0 Å². The highest BCUT2D eigenvalue weighted by Gasteiger charge is 2.22. The Hall–Kier alpha value is -1.29. The van der Waals surface area contributed by atoms with Gasteiger partial charge in [0.25, 0.3) is 5.91 Å². The van der Waals surface area contributed by atoms with Crippen LogP contribution in [-0.4, -0.2) is 11.9 Å². The fourth-order valence-corrected chi connectivity index (χ4v) is 2.64. The van der Waals surface area contributed by atoms with Gasteiger partial charge in [-0.2, -0.15) is 0 Å². The lowest BCUT2D eigenvalue weighted by Gasteiger charge is -2.27. The summed E-state index contributed by atoms with van der Waals surface area (Å²) in [6.45, 7) is 2.41. The van der Waals surface area contributed by atoms with Gasteiger partial charge in [-0.15, -0.1) is 0 Å². The highest BCUT2D eigenvalue weighted by Crippen LogP contribution is 2.26. The summed E-state index contributed by atoms with van der Waals surface area (Å²) >= 11 is 0. The van der Waals surface area contributed by atoms with Gasteiger partial charge in [-0.1, -0.05) is 19.3 Å². The summed E-state index contributed by atoms with van der Waals surface area (Å²) in [7, 11) is 0. The lowest BCUT2D eigenvalue weighted by molar-refractivity contribution is 0.0889. The van der Waals surface area contributed by atoms with Crippen LogP contribution in [0, 0.1) is 5.92 Å². The Bertz CT molecular complexity index is 394. The first kappa shape index (κ1) is 13.1. The zero-order valence-electron chi connectivity index (χ0n) is 10.9. The van der Waals surface area contributed by atoms with Crippen LogP contribution < -0.4 is 11.1 Å². The van der Waals surface area contributed by atoms with Gasteiger partial charge in [0, 0.05) is 6.04 Å². The minimum Gasteiger partial charge on any atom is -0.455 e. The Morgan fingerprint density at radius 2 is 2.17 bits per heavy atom. The van der Waals surface area contributed by atoms with E-state index in [0.29, 0.717) is 24.0 Å². The third-order valence-electron chi connectivity index (χ3n) is 3.80. The largest absolute Gasteiger partial charge is 0.455 e. The van der Waals surface area contributed by atoms with Crippen molar-refractivity contribution in [3.63, 3.8) is 0 Å². The average molecular weight is 250 g/mol. The van der Waals surface area contributed by atoms with Gasteiger partial charge in [-0.3, -0.25) is 4.79 Å². The molecule has 0 unspecified atom stereocenters. The van der Waals surface area contributed by atoms with Crippen LogP contribution in [0.15, 0.2) is 16.5 Å². The van der Waals surface area contributed by atoms with Crippen LogP contribution >= 0.6 is 0 Å². The molecule has 0 bridgehead atoms. The second-order valence-electron chi connectivity index (χ2n) is 5.13. The molecule has 1 aromatic heterocycles. The number of amides is 1. The van der Waals surface area contributed by atoms with Crippen molar-refractivity contribution in [2.75, 3.05) is 0 Å². The van der Waals surface area contributed by atoms with Crippen molar-refractivity contribution in [1.29, 1.82) is 0 Å². The van der Waals surface area contributed by atoms with Gasteiger partial charge in [-0.25, -0.2) is 0 Å². The predicted octanol–water partition coefficient (Wildman–Crippen LogP) is 2.44. The molecule has 3 N–H and O–H groups in total. The number of furan rings is 1. The Kier molecular flexibility index (Phi) is 4.42. The van der Waals surface area contributed by atoms with Gasteiger partial charge in [0.2, 0.25) is 0 Å². The topological polar surface area (TPSA) is 68.3 Å². The molecule has 0 aliphatic heterocycles. The molecule has 1 atom stereocenters. The third kappa shape index (κ3) is 3.13. The lowest BCUT2D eigenvalue weighted by atomic mass is 9.84. The minimum absolute atomic E-state index is 0.132. The van der Waals surface area contributed by atoms with Crippen molar-refractivity contribution in [2.45, 2.75) is 51.6 Å². The molecule has 1 saturated carbocycles. The number of rotatable bonds is 4. The molecule has 1 aromatic rings. The van der Waals surface area contributed by atoms with E-state index in [-0.39, 0.29) is 11.9 Å². The molecule has 1 heterocycles. The third-order valence-corrected chi connectivity index (χ3v) is 3.80. The zero-order valence-corrected chi connectivity index (χ0v) is 10.9. The summed E-state index contributed by atoms with van der Waals surface area (Å²) < 4.78 is 5.35. The van der Waals surface area contributed by atoms with E-state index < -0.39 is 0 Å². The van der Waals surface area contributed by atoms with Crippen LogP contribution in [0.1, 0.15) is 55.3 Å². The summed E-state index contributed by atoms with van der Waals surface area (Å²) in [6, 6.07) is 3.65. The van der Waals surface area contributed by atoms with Crippen molar-refractivity contribution in [3.05, 3.63) is 23.7 Å². The lowest BCUT2D eigenvalue weighted by Crippen LogP contribution is -2.38. The molecule has 100 valence electrons. The number of hydrogen-bond acceptors (Lipinski definition) is 3. The fourth-order valence-electron chi connectivity index (χ4n) is 2.64. The minimum atomic E-state index is -0.132. The van der Waals surface area contributed by atoms with Crippen molar-refractivity contribution in [1.82, 2.24) is 5.32 Å². The zero-order chi connectivity index (χ0) is 13.0. The molecule has 2 rings (SSSR count). The van der Waals surface area contributed by atoms with E-state index in [1.807, 2.05) is 0 Å². The summed E-state index contributed by atoms with van der Waals surface area (Å²) in [4.78, 5) is 12.0. The number of nitrogens with two attached hydrogens (primary N) is 1. The molecule has 4 nitrogen and oxygen atoms in total. The van der Waals surface area contributed by atoms with Gasteiger partial charge in [0.15, 0.2) is 5.76 Å². The van der Waals surface area contributed by atoms with Crippen LogP contribution in [0.25, 0.3) is 0 Å². The molecule has 1 aliphatic rings. The van der Waals surface area contributed by atoms with Crippen LogP contribution in [0.2, 0.25) is 0 Å². The van der Waals surface area contributed by atoms with Crippen LogP contribution in [0.5, 0.6) is 0 Å². The van der Waals surface area contributed by atoms with Gasteiger partial charge < -0.3 is 15.5 Å². The van der Waals surface area contributed by atoms with E-state index in [4.69, 9.17) is 10.2 Å². The Labute approximate surface area is 108 Å². The number of hydrogen-bond donors (Lipinski definition) is 2. The molecule has 1 aliphatic carbocycles. The number of carbonyl (C=O) groups is 1. The van der Waals surface area contributed by atoms with Crippen molar-refractivity contribution in [2.24, 2.45) is 11.7 Å².